The molecule has 52 valence electrons. The Morgan fingerprint density at radius 2 is 2.44 bits per heavy atom. The first-order valence-corrected chi connectivity index (χ1v) is 3.65. The minimum atomic E-state index is 0.847. The summed E-state index contributed by atoms with van der Waals surface area (Å²) in [6.07, 6.45) is 1.38. The van der Waals surface area contributed by atoms with E-state index in [0.29, 0.717) is 0 Å². The van der Waals surface area contributed by atoms with Crippen LogP contribution in [0.3, 0.4) is 0 Å². The Bertz CT molecular complexity index is 106. The predicted octanol–water partition coefficient (Wildman–Crippen LogP) is -1.25. The van der Waals surface area contributed by atoms with Crippen LogP contribution in [0.4, 0.5) is 0 Å². The summed E-state index contributed by atoms with van der Waals surface area (Å²) in [5.41, 5.74) is 0. The van der Waals surface area contributed by atoms with E-state index in [1.54, 1.807) is 0 Å². The molecule has 1 N–H and O–H groups in total. The molecule has 0 aromatic heterocycles. The maximum atomic E-state index is 4.04. The SMILES string of the molecule is [CH2-][NH+]1C[C@H]2C[C@@H]1CN2C. The molecule has 0 aliphatic carbocycles. The molecule has 2 heterocycles. The van der Waals surface area contributed by atoms with Crippen LogP contribution in [0, 0.1) is 7.05 Å². The van der Waals surface area contributed by atoms with Crippen molar-refractivity contribution in [3.63, 3.8) is 0 Å². The van der Waals surface area contributed by atoms with Gasteiger partial charge in [0.1, 0.15) is 0 Å². The van der Waals surface area contributed by atoms with Gasteiger partial charge in [-0.3, -0.25) is 4.90 Å². The molecule has 2 bridgehead atoms. The molecule has 0 saturated carbocycles. The minimum Gasteiger partial charge on any atom is -0.463 e. The molecule has 2 aliphatic heterocycles. The third-order valence-corrected chi connectivity index (χ3v) is 2.76. The third kappa shape index (κ3) is 0.700. The van der Waals surface area contributed by atoms with Crippen LogP contribution >= 0.6 is 0 Å². The summed E-state index contributed by atoms with van der Waals surface area (Å²) in [7, 11) is 6.26. The Morgan fingerprint density at radius 3 is 2.78 bits per heavy atom. The van der Waals surface area contributed by atoms with Gasteiger partial charge in [-0.15, -0.1) is 0 Å². The monoisotopic (exact) mass is 126 g/mol. The summed E-state index contributed by atoms with van der Waals surface area (Å²) in [4.78, 5) is 3.96. The van der Waals surface area contributed by atoms with Crippen LogP contribution in [-0.4, -0.2) is 37.1 Å². The van der Waals surface area contributed by atoms with Crippen LogP contribution in [0.1, 0.15) is 6.42 Å². The lowest BCUT2D eigenvalue weighted by Crippen LogP contribution is -3.11. The van der Waals surface area contributed by atoms with Gasteiger partial charge in [-0.25, -0.2) is 0 Å². The first-order valence-electron chi connectivity index (χ1n) is 3.65. The summed E-state index contributed by atoms with van der Waals surface area (Å²) in [5, 5.41) is 0. The van der Waals surface area contributed by atoms with Crippen LogP contribution in [0.25, 0.3) is 0 Å². The highest BCUT2D eigenvalue weighted by molar-refractivity contribution is 4.87. The molecule has 3 atom stereocenters. The number of likely N-dealkylation sites (N-methyl/N-ethyl adjacent to an activating group) is 1. The van der Waals surface area contributed by atoms with Crippen molar-refractivity contribution in [3.8, 4) is 0 Å². The predicted molar refractivity (Wildman–Crippen MR) is 36.0 cm³/mol. The van der Waals surface area contributed by atoms with E-state index in [1.807, 2.05) is 0 Å². The maximum absolute atomic E-state index is 4.04. The molecule has 2 heteroatoms. The van der Waals surface area contributed by atoms with E-state index in [9.17, 15) is 0 Å². The number of likely N-dealkylation sites (tertiary alicyclic amines) is 2. The number of nitrogens with one attached hydrogen (secondary N) is 1. The first kappa shape index (κ1) is 5.69. The fourth-order valence-corrected chi connectivity index (χ4v) is 2.08. The van der Waals surface area contributed by atoms with Gasteiger partial charge in [0.2, 0.25) is 0 Å². The van der Waals surface area contributed by atoms with Crippen LogP contribution in [-0.2, 0) is 0 Å². The summed E-state index contributed by atoms with van der Waals surface area (Å²) in [5.74, 6) is 0. The number of hydrogen-bond donors (Lipinski definition) is 1. The zero-order valence-electron chi connectivity index (χ0n) is 5.93. The molecule has 9 heavy (non-hydrogen) atoms. The van der Waals surface area contributed by atoms with E-state index in [2.05, 4.69) is 19.0 Å². The molecular formula is C7H14N2. The number of rotatable bonds is 0. The highest BCUT2D eigenvalue weighted by Gasteiger charge is 2.40. The van der Waals surface area contributed by atoms with Gasteiger partial charge in [0.05, 0.1) is 18.6 Å². The van der Waals surface area contributed by atoms with E-state index < -0.39 is 0 Å². The normalized spacial score (nSPS) is 50.7. The van der Waals surface area contributed by atoms with Crippen LogP contribution in [0.15, 0.2) is 0 Å². The molecule has 2 nitrogen and oxygen atoms in total. The van der Waals surface area contributed by atoms with Gasteiger partial charge < -0.3 is 4.90 Å². The Hall–Kier alpha value is -0.0800. The topological polar surface area (TPSA) is 7.68 Å². The molecular weight excluding hydrogens is 112 g/mol. The number of hydrogen-bond acceptors (Lipinski definition) is 1. The van der Waals surface area contributed by atoms with Gasteiger partial charge in [-0.2, -0.15) is 7.05 Å². The molecule has 0 aromatic carbocycles. The average molecular weight is 126 g/mol. The second-order valence-electron chi connectivity index (χ2n) is 3.39. The third-order valence-electron chi connectivity index (χ3n) is 2.76. The van der Waals surface area contributed by atoms with Gasteiger partial charge in [-0.05, 0) is 7.05 Å². The summed E-state index contributed by atoms with van der Waals surface area (Å²) < 4.78 is 0. The molecule has 2 aliphatic rings. The van der Waals surface area contributed by atoms with Crippen molar-refractivity contribution in [2.24, 2.45) is 0 Å². The Labute approximate surface area is 56.4 Å². The number of piperazine rings is 1. The summed E-state index contributed by atoms with van der Waals surface area (Å²) in [6, 6.07) is 1.70. The van der Waals surface area contributed by atoms with Crippen molar-refractivity contribution >= 4 is 0 Å². The molecule has 1 unspecified atom stereocenters. The van der Waals surface area contributed by atoms with Gasteiger partial charge in [0, 0.05) is 13.0 Å². The average Bonchev–Trinajstić information content (AvgIpc) is 2.24. The summed E-state index contributed by atoms with van der Waals surface area (Å²) >= 11 is 0. The molecule has 2 rings (SSSR count). The molecule has 0 aromatic rings. The molecule has 0 spiro atoms. The highest BCUT2D eigenvalue weighted by Crippen LogP contribution is 2.16. The summed E-state index contributed by atoms with van der Waals surface area (Å²) in [6.45, 7) is 2.53. The molecule has 0 radical (unpaired) electrons. The second-order valence-corrected chi connectivity index (χ2v) is 3.39. The van der Waals surface area contributed by atoms with E-state index >= 15 is 0 Å². The number of fused-ring (bicyclic) bond motifs is 2. The van der Waals surface area contributed by atoms with Gasteiger partial charge in [-0.1, -0.05) is 0 Å². The van der Waals surface area contributed by atoms with E-state index in [4.69, 9.17) is 0 Å². The van der Waals surface area contributed by atoms with Crippen LogP contribution in [0.5, 0.6) is 0 Å². The van der Waals surface area contributed by atoms with Gasteiger partial charge in [0.25, 0.3) is 0 Å². The van der Waals surface area contributed by atoms with E-state index in [0.717, 1.165) is 12.1 Å². The van der Waals surface area contributed by atoms with Gasteiger partial charge in [0.15, 0.2) is 0 Å². The van der Waals surface area contributed by atoms with E-state index in [-0.39, 0.29) is 0 Å². The van der Waals surface area contributed by atoms with Crippen molar-refractivity contribution in [1.82, 2.24) is 4.90 Å². The molecule has 2 saturated heterocycles. The number of nitrogens with zero attached hydrogens (tertiary/aromatic N) is 1. The Morgan fingerprint density at radius 1 is 1.67 bits per heavy atom. The lowest BCUT2D eigenvalue weighted by Gasteiger charge is -2.30. The molecule has 2 fully saturated rings. The van der Waals surface area contributed by atoms with Crippen LogP contribution < -0.4 is 4.90 Å². The fourth-order valence-electron chi connectivity index (χ4n) is 2.08. The van der Waals surface area contributed by atoms with Crippen LogP contribution in [0.2, 0.25) is 0 Å². The largest absolute Gasteiger partial charge is 0.463 e. The first-order chi connectivity index (χ1) is 4.27. The second kappa shape index (κ2) is 1.70. The fraction of sp³-hybridized carbons (Fsp3) is 0.857. The van der Waals surface area contributed by atoms with Crippen molar-refractivity contribution < 1.29 is 4.90 Å². The zero-order chi connectivity index (χ0) is 6.43. The standard InChI is InChI=1S/C7H14N2/c1-8-4-7-3-6(8)5-9(7)2/h6-8H,1,3-5H2,2H3/t6-,7-/m1/s1. The Balaban J connectivity index is 2.10. The minimum absolute atomic E-state index is 0.847. The smallest absolute Gasteiger partial charge is 0.0781 e. The van der Waals surface area contributed by atoms with Crippen molar-refractivity contribution in [2.75, 3.05) is 20.1 Å². The lowest BCUT2D eigenvalue weighted by atomic mass is 10.2. The lowest BCUT2D eigenvalue weighted by molar-refractivity contribution is -0.871. The van der Waals surface area contributed by atoms with Gasteiger partial charge >= 0.3 is 0 Å². The van der Waals surface area contributed by atoms with Crippen molar-refractivity contribution in [3.05, 3.63) is 7.05 Å². The zero-order valence-corrected chi connectivity index (χ0v) is 5.93. The number of quaternary nitrogens is 1. The molecule has 0 amide bonds. The van der Waals surface area contributed by atoms with E-state index in [1.165, 1.54) is 24.4 Å². The van der Waals surface area contributed by atoms with Crippen molar-refractivity contribution in [1.29, 1.82) is 0 Å². The van der Waals surface area contributed by atoms with Crippen molar-refractivity contribution in [2.45, 2.75) is 18.5 Å². The quantitative estimate of drug-likeness (QED) is 0.398. The highest BCUT2D eigenvalue weighted by atomic mass is 15.3. The Kier molecular flexibility index (Phi) is 1.08. The maximum Gasteiger partial charge on any atom is 0.0781 e.